The number of hydrogen-bond acceptors (Lipinski definition) is 4. The van der Waals surface area contributed by atoms with E-state index >= 15 is 0 Å². The first kappa shape index (κ1) is 10.6. The fourth-order valence-electron chi connectivity index (χ4n) is 1.47. The molecule has 0 spiro atoms. The summed E-state index contributed by atoms with van der Waals surface area (Å²) in [7, 11) is 0. The maximum absolute atomic E-state index is 11.5. The highest BCUT2D eigenvalue weighted by atomic mass is 35.5. The number of halogens is 2. The second-order valence-electron chi connectivity index (χ2n) is 3.17. The SMILES string of the molecule is O=C1CC(O)CN1c1c(Cl)ncnc1Cl. The predicted molar refractivity (Wildman–Crippen MR) is 55.0 cm³/mol. The van der Waals surface area contributed by atoms with Crippen molar-refractivity contribution in [1.82, 2.24) is 9.97 Å². The van der Waals surface area contributed by atoms with Crippen LogP contribution in [0, 0.1) is 0 Å². The second kappa shape index (κ2) is 3.92. The number of nitrogens with zero attached hydrogens (tertiary/aromatic N) is 3. The number of β-amino-alcohol motifs (C(OH)–C–C–N with tert-alkyl or cyclic N) is 1. The van der Waals surface area contributed by atoms with Gasteiger partial charge in [0.2, 0.25) is 5.91 Å². The molecule has 1 atom stereocenters. The number of aliphatic hydroxyl groups is 1. The first-order valence-corrected chi connectivity index (χ1v) is 4.99. The summed E-state index contributed by atoms with van der Waals surface area (Å²) < 4.78 is 0. The number of amides is 1. The molecule has 0 bridgehead atoms. The van der Waals surface area contributed by atoms with Gasteiger partial charge in [0.15, 0.2) is 10.3 Å². The molecule has 1 aromatic rings. The molecule has 2 heterocycles. The fourth-order valence-corrected chi connectivity index (χ4v) is 1.98. The van der Waals surface area contributed by atoms with Crippen molar-refractivity contribution in [2.75, 3.05) is 11.4 Å². The van der Waals surface area contributed by atoms with Crippen LogP contribution in [-0.2, 0) is 4.79 Å². The third-order valence-corrected chi connectivity index (χ3v) is 2.66. The molecular formula is C8H7Cl2N3O2. The van der Waals surface area contributed by atoms with Crippen molar-refractivity contribution in [2.45, 2.75) is 12.5 Å². The van der Waals surface area contributed by atoms with Crippen molar-refractivity contribution in [3.8, 4) is 0 Å². The lowest BCUT2D eigenvalue weighted by Crippen LogP contribution is -2.26. The Kier molecular flexibility index (Phi) is 2.77. The zero-order chi connectivity index (χ0) is 11.0. The maximum Gasteiger partial charge on any atom is 0.229 e. The lowest BCUT2D eigenvalue weighted by atomic mass is 10.3. The van der Waals surface area contributed by atoms with Gasteiger partial charge in [-0.05, 0) is 0 Å². The van der Waals surface area contributed by atoms with Crippen LogP contribution < -0.4 is 4.90 Å². The Morgan fingerprint density at radius 2 is 2.00 bits per heavy atom. The van der Waals surface area contributed by atoms with Crippen molar-refractivity contribution >= 4 is 34.8 Å². The monoisotopic (exact) mass is 247 g/mol. The third kappa shape index (κ3) is 1.90. The van der Waals surface area contributed by atoms with Gasteiger partial charge in [0, 0.05) is 0 Å². The van der Waals surface area contributed by atoms with Crippen molar-refractivity contribution < 1.29 is 9.90 Å². The summed E-state index contributed by atoms with van der Waals surface area (Å²) in [4.78, 5) is 20.3. The summed E-state index contributed by atoms with van der Waals surface area (Å²) in [5.74, 6) is -0.235. The molecular weight excluding hydrogens is 241 g/mol. The van der Waals surface area contributed by atoms with Crippen molar-refractivity contribution in [1.29, 1.82) is 0 Å². The first-order valence-electron chi connectivity index (χ1n) is 4.24. The minimum absolute atomic E-state index is 0.0710. The van der Waals surface area contributed by atoms with E-state index < -0.39 is 6.10 Å². The van der Waals surface area contributed by atoms with Gasteiger partial charge in [0.25, 0.3) is 0 Å². The number of rotatable bonds is 1. The Labute approximate surface area is 95.6 Å². The van der Waals surface area contributed by atoms with Gasteiger partial charge in [-0.15, -0.1) is 0 Å². The van der Waals surface area contributed by atoms with Gasteiger partial charge in [-0.3, -0.25) is 4.79 Å². The zero-order valence-corrected chi connectivity index (χ0v) is 9.03. The van der Waals surface area contributed by atoms with E-state index in [2.05, 4.69) is 9.97 Å². The largest absolute Gasteiger partial charge is 0.391 e. The molecule has 80 valence electrons. The molecule has 2 rings (SSSR count). The Balaban J connectivity index is 2.41. The molecule has 0 aromatic carbocycles. The molecule has 0 radical (unpaired) electrons. The molecule has 1 amide bonds. The van der Waals surface area contributed by atoms with Crippen LogP contribution in [0.25, 0.3) is 0 Å². The molecule has 0 aliphatic carbocycles. The highest BCUT2D eigenvalue weighted by Crippen LogP contribution is 2.32. The summed E-state index contributed by atoms with van der Waals surface area (Å²) in [5.41, 5.74) is 0.266. The molecule has 7 heteroatoms. The minimum atomic E-state index is -0.690. The molecule has 1 unspecified atom stereocenters. The number of anilines is 1. The second-order valence-corrected chi connectivity index (χ2v) is 3.88. The maximum atomic E-state index is 11.5. The molecule has 1 fully saturated rings. The molecule has 1 saturated heterocycles. The average Bonchev–Trinajstić information content (AvgIpc) is 2.45. The van der Waals surface area contributed by atoms with Gasteiger partial charge in [0.05, 0.1) is 19.1 Å². The molecule has 15 heavy (non-hydrogen) atoms. The first-order chi connectivity index (χ1) is 7.09. The van der Waals surface area contributed by atoms with Gasteiger partial charge >= 0.3 is 0 Å². The van der Waals surface area contributed by atoms with E-state index in [9.17, 15) is 9.90 Å². The van der Waals surface area contributed by atoms with Gasteiger partial charge in [-0.2, -0.15) is 0 Å². The molecule has 1 N–H and O–H groups in total. The van der Waals surface area contributed by atoms with Crippen LogP contribution >= 0.6 is 23.2 Å². The predicted octanol–water partition coefficient (Wildman–Crippen LogP) is 0.881. The normalized spacial score (nSPS) is 21.1. The van der Waals surface area contributed by atoms with E-state index in [1.807, 2.05) is 0 Å². The van der Waals surface area contributed by atoms with Crippen LogP contribution in [0.4, 0.5) is 5.69 Å². The lowest BCUT2D eigenvalue weighted by molar-refractivity contribution is -0.117. The van der Waals surface area contributed by atoms with Crippen LogP contribution in [0.5, 0.6) is 0 Å². The Bertz CT molecular complexity index is 393. The van der Waals surface area contributed by atoms with Crippen molar-refractivity contribution in [2.24, 2.45) is 0 Å². The van der Waals surface area contributed by atoms with Crippen LogP contribution in [0.1, 0.15) is 6.42 Å². The quantitative estimate of drug-likeness (QED) is 0.749. The summed E-state index contributed by atoms with van der Waals surface area (Å²) in [6.45, 7) is 0.172. The van der Waals surface area contributed by atoms with Crippen molar-refractivity contribution in [3.05, 3.63) is 16.6 Å². The van der Waals surface area contributed by atoms with E-state index in [0.29, 0.717) is 0 Å². The summed E-state index contributed by atoms with van der Waals surface area (Å²) in [6.07, 6.45) is 0.594. The van der Waals surface area contributed by atoms with Gasteiger partial charge < -0.3 is 10.0 Å². The average molecular weight is 248 g/mol. The Morgan fingerprint density at radius 1 is 1.40 bits per heavy atom. The third-order valence-electron chi connectivity index (χ3n) is 2.11. The van der Waals surface area contributed by atoms with Crippen LogP contribution in [0.3, 0.4) is 0 Å². The number of carbonyl (C=O) groups is 1. The lowest BCUT2D eigenvalue weighted by Gasteiger charge is -2.17. The Hall–Kier alpha value is -0.910. The van der Waals surface area contributed by atoms with Crippen LogP contribution in [0.15, 0.2) is 6.33 Å². The summed E-state index contributed by atoms with van der Waals surface area (Å²) in [6, 6.07) is 0. The number of aromatic nitrogens is 2. The van der Waals surface area contributed by atoms with E-state index in [0.717, 1.165) is 0 Å². The van der Waals surface area contributed by atoms with E-state index in [1.165, 1.54) is 11.2 Å². The molecule has 5 nitrogen and oxygen atoms in total. The molecule has 0 saturated carbocycles. The standard InChI is InChI=1S/C8H7Cl2N3O2/c9-7-6(8(10)12-3-11-7)13-2-4(14)1-5(13)15/h3-4,14H,1-2H2. The van der Waals surface area contributed by atoms with Crippen LogP contribution in [0.2, 0.25) is 10.3 Å². The van der Waals surface area contributed by atoms with Crippen LogP contribution in [-0.4, -0.2) is 33.6 Å². The van der Waals surface area contributed by atoms with Crippen molar-refractivity contribution in [3.63, 3.8) is 0 Å². The number of aliphatic hydroxyl groups excluding tert-OH is 1. The topological polar surface area (TPSA) is 66.3 Å². The molecule has 1 aromatic heterocycles. The van der Waals surface area contributed by atoms with E-state index in [4.69, 9.17) is 23.2 Å². The van der Waals surface area contributed by atoms with Gasteiger partial charge in [0.1, 0.15) is 12.0 Å². The summed E-state index contributed by atoms with van der Waals surface area (Å²) >= 11 is 11.6. The summed E-state index contributed by atoms with van der Waals surface area (Å²) in [5, 5.41) is 9.54. The number of hydrogen-bond donors (Lipinski definition) is 1. The fraction of sp³-hybridized carbons (Fsp3) is 0.375. The molecule has 1 aliphatic heterocycles. The number of carbonyl (C=O) groups excluding carboxylic acids is 1. The van der Waals surface area contributed by atoms with Gasteiger partial charge in [-0.25, -0.2) is 9.97 Å². The smallest absolute Gasteiger partial charge is 0.229 e. The van der Waals surface area contributed by atoms with E-state index in [1.54, 1.807) is 0 Å². The zero-order valence-electron chi connectivity index (χ0n) is 7.52. The highest BCUT2D eigenvalue weighted by molar-refractivity contribution is 6.38. The highest BCUT2D eigenvalue weighted by Gasteiger charge is 2.32. The van der Waals surface area contributed by atoms with E-state index in [-0.39, 0.29) is 34.9 Å². The minimum Gasteiger partial charge on any atom is -0.391 e. The Morgan fingerprint density at radius 3 is 2.47 bits per heavy atom. The van der Waals surface area contributed by atoms with Gasteiger partial charge in [-0.1, -0.05) is 23.2 Å². The molecule has 1 aliphatic rings.